The Hall–Kier alpha value is -0.160. The number of halogens is 1. The molecule has 17 heavy (non-hydrogen) atoms. The SMILES string of the molecule is CC(C)Cc1ncc(CN2CCNCC2)s1.Cl. The average molecular weight is 276 g/mol. The summed E-state index contributed by atoms with van der Waals surface area (Å²) in [7, 11) is 0. The molecule has 2 heterocycles. The zero-order valence-corrected chi connectivity index (χ0v) is 12.2. The van der Waals surface area contributed by atoms with E-state index in [1.54, 1.807) is 0 Å². The van der Waals surface area contributed by atoms with Gasteiger partial charge in [0.05, 0.1) is 5.01 Å². The molecule has 0 aromatic carbocycles. The van der Waals surface area contributed by atoms with E-state index in [0.717, 1.165) is 39.1 Å². The highest BCUT2D eigenvalue weighted by Gasteiger charge is 2.12. The van der Waals surface area contributed by atoms with E-state index < -0.39 is 0 Å². The maximum atomic E-state index is 4.50. The van der Waals surface area contributed by atoms with E-state index in [0.29, 0.717) is 5.92 Å². The molecule has 2 rings (SSSR count). The van der Waals surface area contributed by atoms with Crippen LogP contribution in [-0.2, 0) is 13.0 Å². The van der Waals surface area contributed by atoms with Gasteiger partial charge in [-0.15, -0.1) is 23.7 Å². The smallest absolute Gasteiger partial charge is 0.0930 e. The molecule has 1 aliphatic heterocycles. The molecule has 0 unspecified atom stereocenters. The van der Waals surface area contributed by atoms with Crippen molar-refractivity contribution < 1.29 is 0 Å². The van der Waals surface area contributed by atoms with Crippen LogP contribution in [0.5, 0.6) is 0 Å². The van der Waals surface area contributed by atoms with Crippen LogP contribution in [-0.4, -0.2) is 36.1 Å². The molecule has 0 bridgehead atoms. The van der Waals surface area contributed by atoms with Crippen LogP contribution < -0.4 is 5.32 Å². The molecule has 0 amide bonds. The van der Waals surface area contributed by atoms with Crippen molar-refractivity contribution in [2.24, 2.45) is 5.92 Å². The number of thiazole rings is 1. The predicted octanol–water partition coefficient (Wildman–Crippen LogP) is 2.17. The van der Waals surface area contributed by atoms with Gasteiger partial charge in [-0.2, -0.15) is 0 Å². The van der Waals surface area contributed by atoms with E-state index in [9.17, 15) is 0 Å². The van der Waals surface area contributed by atoms with Gasteiger partial charge in [0, 0.05) is 50.2 Å². The van der Waals surface area contributed by atoms with Crippen LogP contribution in [0.1, 0.15) is 23.7 Å². The number of hydrogen-bond donors (Lipinski definition) is 1. The highest BCUT2D eigenvalue weighted by atomic mass is 35.5. The minimum absolute atomic E-state index is 0. The minimum atomic E-state index is 0. The van der Waals surface area contributed by atoms with Crippen molar-refractivity contribution in [3.63, 3.8) is 0 Å². The van der Waals surface area contributed by atoms with Crippen LogP contribution in [0.2, 0.25) is 0 Å². The molecule has 0 radical (unpaired) electrons. The summed E-state index contributed by atoms with van der Waals surface area (Å²) in [5, 5.41) is 4.67. The Balaban J connectivity index is 0.00000144. The first-order valence-corrected chi connectivity index (χ1v) is 6.92. The van der Waals surface area contributed by atoms with Gasteiger partial charge in [-0.3, -0.25) is 4.90 Å². The van der Waals surface area contributed by atoms with Gasteiger partial charge in [0.1, 0.15) is 0 Å². The molecule has 3 nitrogen and oxygen atoms in total. The number of nitrogens with zero attached hydrogens (tertiary/aromatic N) is 2. The molecule has 98 valence electrons. The van der Waals surface area contributed by atoms with E-state index in [-0.39, 0.29) is 12.4 Å². The molecule has 1 aromatic rings. The second kappa shape index (κ2) is 7.31. The molecule has 0 spiro atoms. The summed E-state index contributed by atoms with van der Waals surface area (Å²) in [4.78, 5) is 8.42. The second-order valence-electron chi connectivity index (χ2n) is 4.84. The van der Waals surface area contributed by atoms with Gasteiger partial charge < -0.3 is 5.32 Å². The fourth-order valence-corrected chi connectivity index (χ4v) is 3.13. The Morgan fingerprint density at radius 1 is 1.41 bits per heavy atom. The van der Waals surface area contributed by atoms with Gasteiger partial charge >= 0.3 is 0 Å². The zero-order chi connectivity index (χ0) is 11.4. The lowest BCUT2D eigenvalue weighted by Gasteiger charge is -2.26. The van der Waals surface area contributed by atoms with Crippen molar-refractivity contribution in [3.8, 4) is 0 Å². The monoisotopic (exact) mass is 275 g/mol. The Labute approximate surface area is 114 Å². The number of aromatic nitrogens is 1. The fourth-order valence-electron chi connectivity index (χ4n) is 1.95. The van der Waals surface area contributed by atoms with E-state index in [1.807, 2.05) is 11.3 Å². The molecule has 1 aromatic heterocycles. The number of rotatable bonds is 4. The summed E-state index contributed by atoms with van der Waals surface area (Å²) in [5.74, 6) is 0.707. The highest BCUT2D eigenvalue weighted by Crippen LogP contribution is 2.18. The van der Waals surface area contributed by atoms with Crippen LogP contribution in [0, 0.1) is 5.92 Å². The predicted molar refractivity (Wildman–Crippen MR) is 76.1 cm³/mol. The summed E-state index contributed by atoms with van der Waals surface area (Å²) in [5.41, 5.74) is 0. The maximum Gasteiger partial charge on any atom is 0.0930 e. The standard InChI is InChI=1S/C12H21N3S.ClH/c1-10(2)7-12-14-8-11(16-12)9-15-5-3-13-4-6-15;/h8,10,13H,3-7,9H2,1-2H3;1H. The van der Waals surface area contributed by atoms with Gasteiger partial charge in [0.2, 0.25) is 0 Å². The molecule has 1 saturated heterocycles. The van der Waals surface area contributed by atoms with E-state index >= 15 is 0 Å². The van der Waals surface area contributed by atoms with Gasteiger partial charge in [0.15, 0.2) is 0 Å². The van der Waals surface area contributed by atoms with E-state index in [2.05, 4.69) is 35.2 Å². The molecule has 5 heteroatoms. The summed E-state index contributed by atoms with van der Waals surface area (Å²) in [6.07, 6.45) is 3.18. The van der Waals surface area contributed by atoms with Gasteiger partial charge in [-0.1, -0.05) is 13.8 Å². The summed E-state index contributed by atoms with van der Waals surface area (Å²) < 4.78 is 0. The van der Waals surface area contributed by atoms with Crippen LogP contribution in [0.3, 0.4) is 0 Å². The first-order chi connectivity index (χ1) is 7.74. The highest BCUT2D eigenvalue weighted by molar-refractivity contribution is 7.11. The van der Waals surface area contributed by atoms with Crippen LogP contribution in [0.15, 0.2) is 6.20 Å². The Morgan fingerprint density at radius 3 is 2.76 bits per heavy atom. The first kappa shape index (κ1) is 14.9. The van der Waals surface area contributed by atoms with Crippen LogP contribution in [0.25, 0.3) is 0 Å². The van der Waals surface area contributed by atoms with E-state index in [1.165, 1.54) is 9.88 Å². The van der Waals surface area contributed by atoms with Gasteiger partial charge in [0.25, 0.3) is 0 Å². The zero-order valence-electron chi connectivity index (χ0n) is 10.6. The number of nitrogens with one attached hydrogen (secondary N) is 1. The number of piperazine rings is 1. The molecule has 1 aliphatic rings. The lowest BCUT2D eigenvalue weighted by Crippen LogP contribution is -2.42. The minimum Gasteiger partial charge on any atom is -0.314 e. The maximum absolute atomic E-state index is 4.50. The third kappa shape index (κ3) is 4.92. The molecular weight excluding hydrogens is 254 g/mol. The normalized spacial score (nSPS) is 17.1. The van der Waals surface area contributed by atoms with Crippen LogP contribution in [0.4, 0.5) is 0 Å². The molecule has 1 N–H and O–H groups in total. The summed E-state index contributed by atoms with van der Waals surface area (Å²) in [6, 6.07) is 0. The van der Waals surface area contributed by atoms with Crippen molar-refractivity contribution in [2.45, 2.75) is 26.8 Å². The molecule has 0 atom stereocenters. The molecule has 0 aliphatic carbocycles. The second-order valence-corrected chi connectivity index (χ2v) is 6.04. The van der Waals surface area contributed by atoms with Crippen molar-refractivity contribution in [2.75, 3.05) is 26.2 Å². The largest absolute Gasteiger partial charge is 0.314 e. The van der Waals surface area contributed by atoms with Crippen LogP contribution >= 0.6 is 23.7 Å². The van der Waals surface area contributed by atoms with Gasteiger partial charge in [-0.05, 0) is 5.92 Å². The Morgan fingerprint density at radius 2 is 2.12 bits per heavy atom. The fraction of sp³-hybridized carbons (Fsp3) is 0.750. The molecular formula is C12H22ClN3S. The number of hydrogen-bond acceptors (Lipinski definition) is 4. The van der Waals surface area contributed by atoms with Crippen molar-refractivity contribution in [1.29, 1.82) is 0 Å². The lowest BCUT2D eigenvalue weighted by molar-refractivity contribution is 0.235. The summed E-state index contributed by atoms with van der Waals surface area (Å²) >= 11 is 1.88. The van der Waals surface area contributed by atoms with Crippen molar-refractivity contribution in [1.82, 2.24) is 15.2 Å². The summed E-state index contributed by atoms with van der Waals surface area (Å²) in [6.45, 7) is 10.1. The molecule has 0 saturated carbocycles. The Bertz CT molecular complexity index is 321. The van der Waals surface area contributed by atoms with E-state index in [4.69, 9.17) is 0 Å². The molecule has 1 fully saturated rings. The topological polar surface area (TPSA) is 28.2 Å². The van der Waals surface area contributed by atoms with Crippen molar-refractivity contribution in [3.05, 3.63) is 16.1 Å². The lowest BCUT2D eigenvalue weighted by atomic mass is 10.1. The average Bonchev–Trinajstić information content (AvgIpc) is 2.66. The third-order valence-corrected chi connectivity index (χ3v) is 3.78. The quantitative estimate of drug-likeness (QED) is 0.913. The van der Waals surface area contributed by atoms with Crippen molar-refractivity contribution >= 4 is 23.7 Å². The van der Waals surface area contributed by atoms with Gasteiger partial charge in [-0.25, -0.2) is 4.98 Å². The Kier molecular flexibility index (Phi) is 6.41. The third-order valence-electron chi connectivity index (χ3n) is 2.77. The first-order valence-electron chi connectivity index (χ1n) is 6.10.